The van der Waals surface area contributed by atoms with E-state index in [1.807, 2.05) is 42.5 Å². The van der Waals surface area contributed by atoms with Crippen molar-refractivity contribution < 1.29 is 19.1 Å². The highest BCUT2D eigenvalue weighted by Gasteiger charge is 2.60. The first kappa shape index (κ1) is 42.6. The Hall–Kier alpha value is -3.54. The standard InChI is InChI=1S/C49H72N2O4/c1-10-27-50(28-11-2)38-32-39(51(29-12-3)30-13-4)34-41(33-38)55-47(53)22-21-46(52)54-40-23-25-48(8)37(31-40)17-18-42-44-20-19-43(36(7)16-14-15-35(5)6)49(44,9)26-24-45(42)48/h10-13,21-22,32-37,40,42-45H,1-4,14-20,23-31H2,5-9H3/b22-21+. The van der Waals surface area contributed by atoms with Gasteiger partial charge in [-0.2, -0.15) is 0 Å². The Balaban J connectivity index is 1.18. The lowest BCUT2D eigenvalue weighted by Gasteiger charge is -2.61. The molecular weight excluding hydrogens is 681 g/mol. The number of ether oxygens (including phenoxy) is 2. The summed E-state index contributed by atoms with van der Waals surface area (Å²) in [5.41, 5.74) is 2.54. The van der Waals surface area contributed by atoms with E-state index in [-0.39, 0.29) is 6.10 Å². The molecule has 4 saturated carbocycles. The van der Waals surface area contributed by atoms with E-state index in [1.54, 1.807) is 0 Å². The second kappa shape index (κ2) is 19.1. The minimum atomic E-state index is -0.629. The molecule has 0 aromatic heterocycles. The maximum atomic E-state index is 13.1. The van der Waals surface area contributed by atoms with E-state index in [2.05, 4.69) is 70.7 Å². The fourth-order valence-electron chi connectivity index (χ4n) is 12.0. The first-order valence-corrected chi connectivity index (χ1v) is 21.6. The van der Waals surface area contributed by atoms with Crippen molar-refractivity contribution in [1.29, 1.82) is 0 Å². The van der Waals surface area contributed by atoms with Crippen molar-refractivity contribution >= 4 is 23.3 Å². The molecule has 0 spiro atoms. The number of esters is 2. The number of fused-ring (bicyclic) bond motifs is 5. The fourth-order valence-corrected chi connectivity index (χ4v) is 12.0. The number of benzene rings is 1. The summed E-state index contributed by atoms with van der Waals surface area (Å²) in [6.07, 6.45) is 24.8. The van der Waals surface area contributed by atoms with Crippen LogP contribution in [0, 0.1) is 52.3 Å². The molecule has 6 nitrogen and oxygen atoms in total. The van der Waals surface area contributed by atoms with E-state index in [0.29, 0.717) is 48.7 Å². The lowest BCUT2D eigenvalue weighted by atomic mass is 9.44. The van der Waals surface area contributed by atoms with Gasteiger partial charge in [0.15, 0.2) is 0 Å². The van der Waals surface area contributed by atoms with E-state index in [0.717, 1.165) is 66.1 Å². The Bertz CT molecular complexity index is 1480. The molecule has 5 rings (SSSR count). The molecule has 0 radical (unpaired) electrons. The average Bonchev–Trinajstić information content (AvgIpc) is 3.51. The molecule has 55 heavy (non-hydrogen) atoms. The molecule has 1 aromatic rings. The predicted molar refractivity (Wildman–Crippen MR) is 229 cm³/mol. The smallest absolute Gasteiger partial charge is 0.336 e. The number of rotatable bonds is 19. The molecule has 302 valence electrons. The van der Waals surface area contributed by atoms with E-state index in [4.69, 9.17) is 9.47 Å². The summed E-state index contributed by atoms with van der Waals surface area (Å²) in [6, 6.07) is 5.68. The van der Waals surface area contributed by atoms with Gasteiger partial charge >= 0.3 is 11.9 Å². The number of nitrogens with zero attached hydrogens (tertiary/aromatic N) is 2. The molecule has 4 aliphatic rings. The van der Waals surface area contributed by atoms with Crippen molar-refractivity contribution in [3.63, 3.8) is 0 Å². The third-order valence-corrected chi connectivity index (χ3v) is 14.7. The van der Waals surface area contributed by atoms with Gasteiger partial charge in [0.25, 0.3) is 0 Å². The Morgan fingerprint density at radius 1 is 0.745 bits per heavy atom. The van der Waals surface area contributed by atoms with Crippen molar-refractivity contribution in [3.05, 3.63) is 81.0 Å². The SMILES string of the molecule is C=CCN(CC=C)c1cc(OC(=O)/C=C/C(=O)OC2CCC3(C)C(CCC4C3CCC3(C)C(C(C)CCCC(C)C)CCC43)C2)cc(N(CC=C)CC=C)c1. The lowest BCUT2D eigenvalue weighted by molar-refractivity contribution is -0.158. The van der Waals surface area contributed by atoms with Gasteiger partial charge in [-0.3, -0.25) is 0 Å². The zero-order valence-corrected chi connectivity index (χ0v) is 35.0. The molecule has 9 unspecified atom stereocenters. The maximum absolute atomic E-state index is 13.1. The maximum Gasteiger partial charge on any atom is 0.336 e. The van der Waals surface area contributed by atoms with Crippen LogP contribution in [0.3, 0.4) is 0 Å². The highest BCUT2D eigenvalue weighted by molar-refractivity contribution is 5.92. The molecule has 4 aliphatic carbocycles. The summed E-state index contributed by atoms with van der Waals surface area (Å²) in [6.45, 7) is 30.5. The predicted octanol–water partition coefficient (Wildman–Crippen LogP) is 11.5. The summed E-state index contributed by atoms with van der Waals surface area (Å²) in [5, 5.41) is 0. The molecule has 0 N–H and O–H groups in total. The van der Waals surface area contributed by atoms with Crippen LogP contribution in [0.1, 0.15) is 112 Å². The molecule has 4 fully saturated rings. The first-order valence-electron chi connectivity index (χ1n) is 21.6. The average molecular weight is 753 g/mol. The van der Waals surface area contributed by atoms with E-state index in [1.165, 1.54) is 69.9 Å². The van der Waals surface area contributed by atoms with E-state index < -0.39 is 11.9 Å². The van der Waals surface area contributed by atoms with Gasteiger partial charge in [-0.1, -0.05) is 78.2 Å². The number of hydrogen-bond acceptors (Lipinski definition) is 6. The van der Waals surface area contributed by atoms with Crippen molar-refractivity contribution in [1.82, 2.24) is 0 Å². The van der Waals surface area contributed by atoms with Crippen molar-refractivity contribution in [2.45, 2.75) is 118 Å². The topological polar surface area (TPSA) is 59.1 Å². The normalized spacial score (nSPS) is 30.4. The largest absolute Gasteiger partial charge is 0.459 e. The Labute approximate surface area is 334 Å². The van der Waals surface area contributed by atoms with Crippen LogP contribution in [0.4, 0.5) is 11.4 Å². The Morgan fingerprint density at radius 3 is 1.93 bits per heavy atom. The number of anilines is 2. The summed E-state index contributed by atoms with van der Waals surface area (Å²) >= 11 is 0. The quantitative estimate of drug-likeness (QED) is 0.0607. The molecule has 0 heterocycles. The van der Waals surface area contributed by atoms with E-state index in [9.17, 15) is 9.59 Å². The summed E-state index contributed by atoms with van der Waals surface area (Å²) in [4.78, 5) is 30.3. The third-order valence-electron chi connectivity index (χ3n) is 14.7. The molecule has 0 bridgehead atoms. The summed E-state index contributed by atoms with van der Waals surface area (Å²) in [7, 11) is 0. The molecule has 1 aromatic carbocycles. The van der Waals surface area contributed by atoms with Crippen LogP contribution >= 0.6 is 0 Å². The van der Waals surface area contributed by atoms with Crippen molar-refractivity contribution in [2.75, 3.05) is 36.0 Å². The fraction of sp³-hybridized carbons (Fsp3) is 0.633. The second-order valence-corrected chi connectivity index (χ2v) is 18.4. The molecular formula is C49H72N2O4. The molecule has 6 heteroatoms. The number of carbonyl (C=O) groups is 2. The van der Waals surface area contributed by atoms with Gasteiger partial charge in [-0.25, -0.2) is 9.59 Å². The van der Waals surface area contributed by atoms with Crippen molar-refractivity contribution in [3.8, 4) is 5.75 Å². The van der Waals surface area contributed by atoms with Gasteiger partial charge in [-0.05, 0) is 116 Å². The van der Waals surface area contributed by atoms with Gasteiger partial charge in [0.1, 0.15) is 11.9 Å². The minimum absolute atomic E-state index is 0.111. The third kappa shape index (κ3) is 9.89. The summed E-state index contributed by atoms with van der Waals surface area (Å²) in [5.74, 6) is 4.86. The van der Waals surface area contributed by atoms with Crippen LogP contribution in [0.25, 0.3) is 0 Å². The lowest BCUT2D eigenvalue weighted by Crippen LogP contribution is -2.54. The van der Waals surface area contributed by atoms with Gasteiger partial charge in [0, 0.05) is 61.8 Å². The van der Waals surface area contributed by atoms with Crippen molar-refractivity contribution in [2.24, 2.45) is 52.3 Å². The van der Waals surface area contributed by atoms with Gasteiger partial charge in [0.2, 0.25) is 0 Å². The Kier molecular flexibility index (Phi) is 14.8. The monoisotopic (exact) mass is 753 g/mol. The molecule has 0 saturated heterocycles. The van der Waals surface area contributed by atoms with Gasteiger partial charge in [-0.15, -0.1) is 26.3 Å². The van der Waals surface area contributed by atoms with Crippen LogP contribution in [-0.4, -0.2) is 44.2 Å². The van der Waals surface area contributed by atoms with Crippen LogP contribution in [0.15, 0.2) is 81.0 Å². The van der Waals surface area contributed by atoms with E-state index >= 15 is 0 Å². The minimum Gasteiger partial charge on any atom is -0.459 e. The van der Waals surface area contributed by atoms with Crippen LogP contribution in [0.2, 0.25) is 0 Å². The number of hydrogen-bond donors (Lipinski definition) is 0. The molecule has 0 aliphatic heterocycles. The molecule has 0 amide bonds. The summed E-state index contributed by atoms with van der Waals surface area (Å²) < 4.78 is 11.8. The van der Waals surface area contributed by atoms with Crippen LogP contribution in [-0.2, 0) is 14.3 Å². The molecule has 9 atom stereocenters. The highest BCUT2D eigenvalue weighted by atomic mass is 16.5. The Morgan fingerprint density at radius 2 is 1.33 bits per heavy atom. The van der Waals surface area contributed by atoms with Crippen LogP contribution in [0.5, 0.6) is 5.75 Å². The van der Waals surface area contributed by atoms with Gasteiger partial charge < -0.3 is 19.3 Å². The number of carbonyl (C=O) groups excluding carboxylic acids is 2. The zero-order valence-electron chi connectivity index (χ0n) is 35.0. The van der Waals surface area contributed by atoms with Crippen LogP contribution < -0.4 is 14.5 Å². The highest BCUT2D eigenvalue weighted by Crippen LogP contribution is 2.68. The second-order valence-electron chi connectivity index (χ2n) is 18.4. The first-order chi connectivity index (χ1) is 26.4. The zero-order chi connectivity index (χ0) is 39.8. The van der Waals surface area contributed by atoms with Gasteiger partial charge in [0.05, 0.1) is 0 Å².